The average Bonchev–Trinajstić information content (AvgIpc) is 2.83. The standard InChI is InChI=1S/C23H24O9S3/c1-18(30-33(24,25)20-12-6-3-7-13-20)23(32-35(28,29)22-16-10-5-11-17-22)19(2)31-34(26,27)21-14-8-4-9-15-21/h3-19,23H,1-2H3. The van der Waals surface area contributed by atoms with Crippen molar-refractivity contribution in [1.29, 1.82) is 0 Å². The molecule has 2 atom stereocenters. The molecule has 0 heterocycles. The van der Waals surface area contributed by atoms with Crippen molar-refractivity contribution in [1.82, 2.24) is 0 Å². The summed E-state index contributed by atoms with van der Waals surface area (Å²) in [6, 6.07) is 21.5. The van der Waals surface area contributed by atoms with Gasteiger partial charge in [0.05, 0.1) is 14.7 Å². The van der Waals surface area contributed by atoms with E-state index in [2.05, 4.69) is 0 Å². The van der Waals surface area contributed by atoms with Crippen LogP contribution in [0.5, 0.6) is 0 Å². The van der Waals surface area contributed by atoms with Crippen LogP contribution in [0.3, 0.4) is 0 Å². The lowest BCUT2D eigenvalue weighted by atomic mass is 10.1. The van der Waals surface area contributed by atoms with Gasteiger partial charge in [-0.15, -0.1) is 0 Å². The molecule has 0 spiro atoms. The van der Waals surface area contributed by atoms with Crippen LogP contribution < -0.4 is 0 Å². The van der Waals surface area contributed by atoms with E-state index >= 15 is 0 Å². The monoisotopic (exact) mass is 540 g/mol. The third kappa shape index (κ3) is 6.97. The summed E-state index contributed by atoms with van der Waals surface area (Å²) in [5, 5.41) is 0. The van der Waals surface area contributed by atoms with E-state index in [1.54, 1.807) is 18.2 Å². The van der Waals surface area contributed by atoms with Crippen LogP contribution in [0.2, 0.25) is 0 Å². The molecule has 0 fully saturated rings. The molecular formula is C23H24O9S3. The third-order valence-corrected chi connectivity index (χ3v) is 8.95. The molecule has 12 heteroatoms. The molecule has 9 nitrogen and oxygen atoms in total. The van der Waals surface area contributed by atoms with Gasteiger partial charge >= 0.3 is 0 Å². The normalized spacial score (nSPS) is 15.3. The minimum atomic E-state index is -4.44. The lowest BCUT2D eigenvalue weighted by Crippen LogP contribution is -2.42. The fraction of sp³-hybridized carbons (Fsp3) is 0.217. The van der Waals surface area contributed by atoms with Gasteiger partial charge in [0.1, 0.15) is 18.3 Å². The maximum atomic E-state index is 12.9. The van der Waals surface area contributed by atoms with Crippen LogP contribution >= 0.6 is 0 Å². The highest BCUT2D eigenvalue weighted by Crippen LogP contribution is 2.25. The van der Waals surface area contributed by atoms with Crippen molar-refractivity contribution >= 4 is 30.4 Å². The van der Waals surface area contributed by atoms with Crippen LogP contribution in [0.15, 0.2) is 106 Å². The smallest absolute Gasteiger partial charge is 0.260 e. The molecule has 0 aromatic heterocycles. The molecule has 0 bridgehead atoms. The Labute approximate surface area is 205 Å². The largest absolute Gasteiger partial charge is 0.297 e. The van der Waals surface area contributed by atoms with Crippen molar-refractivity contribution < 1.29 is 37.8 Å². The third-order valence-electron chi connectivity index (χ3n) is 4.82. The molecule has 3 rings (SSSR count). The van der Waals surface area contributed by atoms with Crippen molar-refractivity contribution in [2.24, 2.45) is 0 Å². The van der Waals surface area contributed by atoms with E-state index in [-0.39, 0.29) is 14.7 Å². The predicted molar refractivity (Wildman–Crippen MR) is 127 cm³/mol. The summed E-state index contributed by atoms with van der Waals surface area (Å²) < 4.78 is 92.4. The summed E-state index contributed by atoms with van der Waals surface area (Å²) in [6.45, 7) is 2.50. The Morgan fingerprint density at radius 1 is 0.457 bits per heavy atom. The highest BCUT2D eigenvalue weighted by atomic mass is 32.2. The number of hydrogen-bond donors (Lipinski definition) is 0. The summed E-state index contributed by atoms with van der Waals surface area (Å²) in [6.07, 6.45) is -4.57. The van der Waals surface area contributed by atoms with Crippen LogP contribution in [0.1, 0.15) is 13.8 Å². The molecule has 0 aliphatic heterocycles. The molecule has 3 aromatic carbocycles. The maximum absolute atomic E-state index is 12.9. The van der Waals surface area contributed by atoms with Gasteiger partial charge in [0.25, 0.3) is 30.4 Å². The first kappa shape index (κ1) is 27.0. The van der Waals surface area contributed by atoms with Crippen LogP contribution in [0, 0.1) is 0 Å². The Kier molecular flexibility index (Phi) is 8.46. The zero-order valence-corrected chi connectivity index (χ0v) is 21.2. The van der Waals surface area contributed by atoms with Crippen molar-refractivity contribution in [3.8, 4) is 0 Å². The van der Waals surface area contributed by atoms with E-state index in [4.69, 9.17) is 12.5 Å². The number of rotatable bonds is 11. The fourth-order valence-electron chi connectivity index (χ4n) is 3.12. The van der Waals surface area contributed by atoms with Gasteiger partial charge < -0.3 is 0 Å². The summed E-state index contributed by atoms with van der Waals surface area (Å²) in [5.74, 6) is 0. The molecule has 0 saturated carbocycles. The van der Waals surface area contributed by atoms with Gasteiger partial charge in [0.2, 0.25) is 0 Å². The summed E-state index contributed by atoms with van der Waals surface area (Å²) in [5.41, 5.74) is 0. The van der Waals surface area contributed by atoms with Gasteiger partial charge in [-0.25, -0.2) is 0 Å². The lowest BCUT2D eigenvalue weighted by Gasteiger charge is -2.28. The topological polar surface area (TPSA) is 130 Å². The molecule has 0 aliphatic carbocycles. The van der Waals surface area contributed by atoms with Crippen LogP contribution in [-0.4, -0.2) is 43.6 Å². The molecule has 188 valence electrons. The molecule has 35 heavy (non-hydrogen) atoms. The lowest BCUT2D eigenvalue weighted by molar-refractivity contribution is 0.00149. The Bertz CT molecular complexity index is 1350. The highest BCUT2D eigenvalue weighted by Gasteiger charge is 2.37. The van der Waals surface area contributed by atoms with E-state index in [1.807, 2.05) is 0 Å². The van der Waals surface area contributed by atoms with E-state index in [0.717, 1.165) is 0 Å². The van der Waals surface area contributed by atoms with Gasteiger partial charge in [0, 0.05) is 0 Å². The van der Waals surface area contributed by atoms with Gasteiger partial charge in [-0.2, -0.15) is 25.3 Å². The zero-order valence-electron chi connectivity index (χ0n) is 18.8. The molecular weight excluding hydrogens is 516 g/mol. The number of hydrogen-bond acceptors (Lipinski definition) is 9. The van der Waals surface area contributed by atoms with Crippen LogP contribution in [0.4, 0.5) is 0 Å². The van der Waals surface area contributed by atoms with Crippen LogP contribution in [0.25, 0.3) is 0 Å². The summed E-state index contributed by atoms with van der Waals surface area (Å²) >= 11 is 0. The minimum absolute atomic E-state index is 0.165. The quantitative estimate of drug-likeness (QED) is 0.336. The molecule has 0 radical (unpaired) electrons. The Balaban J connectivity index is 1.93. The van der Waals surface area contributed by atoms with Gasteiger partial charge in [0.15, 0.2) is 0 Å². The summed E-state index contributed by atoms with van der Waals surface area (Å²) in [4.78, 5) is -0.537. The van der Waals surface area contributed by atoms with E-state index in [9.17, 15) is 25.3 Å². The predicted octanol–water partition coefficient (Wildman–Crippen LogP) is 3.35. The molecule has 2 unspecified atom stereocenters. The first-order chi connectivity index (χ1) is 16.4. The van der Waals surface area contributed by atoms with Gasteiger partial charge in [-0.3, -0.25) is 12.5 Å². The number of benzene rings is 3. The van der Waals surface area contributed by atoms with Crippen molar-refractivity contribution in [2.75, 3.05) is 0 Å². The first-order valence-electron chi connectivity index (χ1n) is 10.4. The van der Waals surface area contributed by atoms with Crippen LogP contribution in [-0.2, 0) is 42.9 Å². The van der Waals surface area contributed by atoms with E-state index in [0.29, 0.717) is 0 Å². The second-order valence-electron chi connectivity index (χ2n) is 7.47. The minimum Gasteiger partial charge on any atom is -0.260 e. The Morgan fingerprint density at radius 2 is 0.714 bits per heavy atom. The zero-order chi connectivity index (χ0) is 25.7. The second-order valence-corrected chi connectivity index (χ2v) is 12.2. The van der Waals surface area contributed by atoms with Gasteiger partial charge in [-0.05, 0) is 50.2 Å². The molecule has 0 aliphatic rings. The van der Waals surface area contributed by atoms with Crippen molar-refractivity contribution in [2.45, 2.75) is 46.8 Å². The maximum Gasteiger partial charge on any atom is 0.297 e. The molecule has 3 aromatic rings. The molecule has 0 amide bonds. The van der Waals surface area contributed by atoms with Gasteiger partial charge in [-0.1, -0.05) is 54.6 Å². The first-order valence-corrected chi connectivity index (χ1v) is 14.6. The molecule has 0 N–H and O–H groups in total. The summed E-state index contributed by atoms with van der Waals surface area (Å²) in [7, 11) is -13.1. The van der Waals surface area contributed by atoms with Crippen molar-refractivity contribution in [3.05, 3.63) is 91.0 Å². The SMILES string of the molecule is CC(OS(=O)(=O)c1ccccc1)C(OS(=O)(=O)c1ccccc1)C(C)OS(=O)(=O)c1ccccc1. The Hall–Kier alpha value is -2.61. The average molecular weight is 541 g/mol. The Morgan fingerprint density at radius 3 is 1.00 bits per heavy atom. The van der Waals surface area contributed by atoms with E-state index < -0.39 is 48.7 Å². The second kappa shape index (κ2) is 11.0. The molecule has 0 saturated heterocycles. The van der Waals surface area contributed by atoms with Crippen molar-refractivity contribution in [3.63, 3.8) is 0 Å². The highest BCUT2D eigenvalue weighted by molar-refractivity contribution is 7.87. The van der Waals surface area contributed by atoms with E-state index in [1.165, 1.54) is 86.6 Å². The fourth-order valence-corrected chi connectivity index (χ4v) is 6.55.